The van der Waals surface area contributed by atoms with Crippen molar-refractivity contribution in [1.82, 2.24) is 0 Å². The largest absolute Gasteiger partial charge is 0.0784 e. The molecule has 2 rings (SSSR count). The van der Waals surface area contributed by atoms with Crippen LogP contribution in [0.3, 0.4) is 0 Å². The Morgan fingerprint density at radius 1 is 0.882 bits per heavy atom. The van der Waals surface area contributed by atoms with Crippen molar-refractivity contribution in [3.8, 4) is 11.1 Å². The van der Waals surface area contributed by atoms with Crippen molar-refractivity contribution < 1.29 is 0 Å². The normalized spacial score (nSPS) is 11.5. The lowest BCUT2D eigenvalue weighted by molar-refractivity contribution is 1.59. The first-order chi connectivity index (χ1) is 7.98. The molecule has 0 aliphatic rings. The van der Waals surface area contributed by atoms with Crippen LogP contribution in [0.5, 0.6) is 0 Å². The van der Waals surface area contributed by atoms with E-state index >= 15 is 0 Å². The van der Waals surface area contributed by atoms with Gasteiger partial charge in [0, 0.05) is 4.47 Å². The van der Waals surface area contributed by atoms with E-state index < -0.39 is 8.07 Å². The van der Waals surface area contributed by atoms with Crippen LogP contribution in [0.15, 0.2) is 53.0 Å². The van der Waals surface area contributed by atoms with Crippen molar-refractivity contribution >= 4 is 29.2 Å². The van der Waals surface area contributed by atoms with E-state index in [2.05, 4.69) is 84.1 Å². The van der Waals surface area contributed by atoms with Gasteiger partial charge in [0.25, 0.3) is 0 Å². The Kier molecular flexibility index (Phi) is 3.55. The molecule has 0 spiro atoms. The minimum Gasteiger partial charge on any atom is -0.0656 e. The summed E-state index contributed by atoms with van der Waals surface area (Å²) in [4.78, 5) is 0. The molecule has 0 nitrogen and oxygen atoms in total. The Morgan fingerprint density at radius 2 is 1.53 bits per heavy atom. The first-order valence-corrected chi connectivity index (χ1v) is 10.1. The molecule has 0 heterocycles. The number of hydrogen-bond acceptors (Lipinski definition) is 0. The monoisotopic (exact) mass is 304 g/mol. The Morgan fingerprint density at radius 3 is 2.12 bits per heavy atom. The van der Waals surface area contributed by atoms with E-state index in [0.717, 1.165) is 0 Å². The minimum absolute atomic E-state index is 1.18. The fourth-order valence-electron chi connectivity index (χ4n) is 2.01. The van der Waals surface area contributed by atoms with Crippen LogP contribution < -0.4 is 5.19 Å². The van der Waals surface area contributed by atoms with E-state index in [4.69, 9.17) is 0 Å². The van der Waals surface area contributed by atoms with E-state index in [1.165, 1.54) is 20.8 Å². The van der Waals surface area contributed by atoms with Gasteiger partial charge in [-0.3, -0.25) is 0 Å². The lowest BCUT2D eigenvalue weighted by Gasteiger charge is -2.21. The van der Waals surface area contributed by atoms with Crippen molar-refractivity contribution in [2.45, 2.75) is 19.6 Å². The van der Waals surface area contributed by atoms with Gasteiger partial charge in [0.15, 0.2) is 0 Å². The van der Waals surface area contributed by atoms with Gasteiger partial charge in [-0.05, 0) is 23.3 Å². The van der Waals surface area contributed by atoms with Gasteiger partial charge in [-0.1, -0.05) is 77.2 Å². The molecule has 0 saturated carbocycles. The van der Waals surface area contributed by atoms with Crippen LogP contribution >= 0.6 is 15.9 Å². The van der Waals surface area contributed by atoms with Crippen LogP contribution in [-0.4, -0.2) is 8.07 Å². The highest BCUT2D eigenvalue weighted by atomic mass is 79.9. The maximum atomic E-state index is 3.58. The van der Waals surface area contributed by atoms with E-state index in [1.807, 2.05) is 0 Å². The number of rotatable bonds is 2. The second-order valence-electron chi connectivity index (χ2n) is 5.31. The Labute approximate surface area is 113 Å². The summed E-state index contributed by atoms with van der Waals surface area (Å²) >= 11 is 3.58. The maximum absolute atomic E-state index is 3.58. The average Bonchev–Trinajstić information content (AvgIpc) is 2.29. The summed E-state index contributed by atoms with van der Waals surface area (Å²) in [6, 6.07) is 17.3. The van der Waals surface area contributed by atoms with Gasteiger partial charge in [0.1, 0.15) is 0 Å². The maximum Gasteiger partial charge on any atom is 0.0784 e. The molecule has 0 unspecified atom stereocenters. The molecule has 0 N–H and O–H groups in total. The molecule has 0 fully saturated rings. The number of benzene rings is 2. The zero-order valence-electron chi connectivity index (χ0n) is 10.5. The SMILES string of the molecule is C[Si](C)(C)c1cc(Br)ccc1-c1ccccc1. The van der Waals surface area contributed by atoms with Gasteiger partial charge in [0.05, 0.1) is 8.07 Å². The first kappa shape index (κ1) is 12.6. The van der Waals surface area contributed by atoms with Crippen LogP contribution in [0.2, 0.25) is 19.6 Å². The highest BCUT2D eigenvalue weighted by Crippen LogP contribution is 2.23. The molecule has 0 aliphatic heterocycles. The van der Waals surface area contributed by atoms with Gasteiger partial charge in [0.2, 0.25) is 0 Å². The van der Waals surface area contributed by atoms with Crippen molar-refractivity contribution in [2.24, 2.45) is 0 Å². The third-order valence-corrected chi connectivity index (χ3v) is 5.40. The molecular formula is C15H17BrSi. The molecule has 2 aromatic rings. The first-order valence-electron chi connectivity index (χ1n) is 5.84. The predicted molar refractivity (Wildman–Crippen MR) is 82.6 cm³/mol. The zero-order chi connectivity index (χ0) is 12.5. The van der Waals surface area contributed by atoms with Crippen molar-refractivity contribution in [3.63, 3.8) is 0 Å². The molecule has 2 heteroatoms. The van der Waals surface area contributed by atoms with Crippen LogP contribution in [0, 0.1) is 0 Å². The summed E-state index contributed by atoms with van der Waals surface area (Å²) in [5.41, 5.74) is 2.70. The number of halogens is 1. The van der Waals surface area contributed by atoms with E-state index in [-0.39, 0.29) is 0 Å². The van der Waals surface area contributed by atoms with Crippen LogP contribution in [-0.2, 0) is 0 Å². The second-order valence-corrected chi connectivity index (χ2v) is 11.3. The van der Waals surface area contributed by atoms with Crippen molar-refractivity contribution in [1.29, 1.82) is 0 Å². The molecule has 0 aromatic heterocycles. The van der Waals surface area contributed by atoms with Gasteiger partial charge in [-0.2, -0.15) is 0 Å². The van der Waals surface area contributed by atoms with E-state index in [0.29, 0.717) is 0 Å². The Bertz CT molecular complexity index is 512. The van der Waals surface area contributed by atoms with Gasteiger partial charge >= 0.3 is 0 Å². The smallest absolute Gasteiger partial charge is 0.0656 e. The summed E-state index contributed by atoms with van der Waals surface area (Å²) < 4.78 is 1.18. The molecular weight excluding hydrogens is 288 g/mol. The standard InChI is InChI=1S/C15H17BrSi/c1-17(2,3)15-11-13(16)9-10-14(15)12-7-5-4-6-8-12/h4-11H,1-3H3. The summed E-state index contributed by atoms with van der Waals surface area (Å²) in [5.74, 6) is 0. The molecule has 0 radical (unpaired) electrons. The van der Waals surface area contributed by atoms with Crippen molar-refractivity contribution in [3.05, 3.63) is 53.0 Å². The third kappa shape index (κ3) is 2.88. The molecule has 17 heavy (non-hydrogen) atoms. The zero-order valence-corrected chi connectivity index (χ0v) is 13.1. The minimum atomic E-state index is -1.32. The number of hydrogen-bond donors (Lipinski definition) is 0. The fourth-order valence-corrected chi connectivity index (χ4v) is 4.20. The average molecular weight is 305 g/mol. The third-order valence-electron chi connectivity index (χ3n) is 2.87. The molecule has 0 amide bonds. The summed E-state index contributed by atoms with van der Waals surface area (Å²) in [7, 11) is -1.32. The van der Waals surface area contributed by atoms with Crippen LogP contribution in [0.4, 0.5) is 0 Å². The van der Waals surface area contributed by atoms with Crippen molar-refractivity contribution in [2.75, 3.05) is 0 Å². The van der Waals surface area contributed by atoms with Gasteiger partial charge in [-0.25, -0.2) is 0 Å². The second kappa shape index (κ2) is 4.79. The Hall–Kier alpha value is -0.863. The van der Waals surface area contributed by atoms with Crippen LogP contribution in [0.1, 0.15) is 0 Å². The van der Waals surface area contributed by atoms with Gasteiger partial charge in [-0.15, -0.1) is 0 Å². The van der Waals surface area contributed by atoms with Gasteiger partial charge < -0.3 is 0 Å². The summed E-state index contributed by atoms with van der Waals surface area (Å²) in [6.07, 6.45) is 0. The fraction of sp³-hybridized carbons (Fsp3) is 0.200. The van der Waals surface area contributed by atoms with E-state index in [1.54, 1.807) is 0 Å². The molecule has 0 bridgehead atoms. The molecule has 88 valence electrons. The highest BCUT2D eigenvalue weighted by molar-refractivity contribution is 9.10. The Balaban J connectivity index is 2.63. The molecule has 0 atom stereocenters. The topological polar surface area (TPSA) is 0 Å². The lowest BCUT2D eigenvalue weighted by atomic mass is 10.1. The predicted octanol–water partition coefficient (Wildman–Crippen LogP) is 4.66. The quantitative estimate of drug-likeness (QED) is 0.708. The summed E-state index contributed by atoms with van der Waals surface area (Å²) in [6.45, 7) is 7.17. The van der Waals surface area contributed by atoms with Crippen LogP contribution in [0.25, 0.3) is 11.1 Å². The lowest BCUT2D eigenvalue weighted by Crippen LogP contribution is -2.39. The molecule has 2 aromatic carbocycles. The molecule has 0 saturated heterocycles. The highest BCUT2D eigenvalue weighted by Gasteiger charge is 2.20. The molecule has 0 aliphatic carbocycles. The van der Waals surface area contributed by atoms with E-state index in [9.17, 15) is 0 Å². The summed E-state index contributed by atoms with van der Waals surface area (Å²) in [5, 5.41) is 1.51.